The van der Waals surface area contributed by atoms with Crippen LogP contribution >= 0.6 is 27.5 Å². The molecule has 18 heavy (non-hydrogen) atoms. The minimum atomic E-state index is 0.118. The first-order valence-electron chi connectivity index (χ1n) is 6.38. The minimum Gasteiger partial charge on any atom is -0.372 e. The molecule has 0 aliphatic carbocycles. The van der Waals surface area contributed by atoms with E-state index in [1.54, 1.807) is 6.08 Å². The molecule has 1 nitrogen and oxygen atoms in total. The van der Waals surface area contributed by atoms with E-state index in [1.807, 2.05) is 6.08 Å². The molecule has 1 heterocycles. The van der Waals surface area contributed by atoms with Crippen molar-refractivity contribution >= 4 is 27.5 Å². The van der Waals surface area contributed by atoms with E-state index in [1.165, 1.54) is 0 Å². The minimum absolute atomic E-state index is 0.118. The highest BCUT2D eigenvalue weighted by Gasteiger charge is 2.35. The lowest BCUT2D eigenvalue weighted by atomic mass is 10.1. The fraction of sp³-hybridized carbons (Fsp3) is 0.600. The molecule has 4 unspecified atom stereocenters. The Morgan fingerprint density at radius 1 is 1.50 bits per heavy atom. The molecule has 100 valence electrons. The van der Waals surface area contributed by atoms with E-state index in [4.69, 9.17) is 22.8 Å². The van der Waals surface area contributed by atoms with E-state index in [0.29, 0.717) is 4.83 Å². The number of hydrogen-bond acceptors (Lipinski definition) is 1. The van der Waals surface area contributed by atoms with Gasteiger partial charge >= 0.3 is 0 Å². The summed E-state index contributed by atoms with van der Waals surface area (Å²) in [6.45, 7) is 2.15. The van der Waals surface area contributed by atoms with Gasteiger partial charge in [-0.3, -0.25) is 0 Å². The molecule has 0 spiro atoms. The molecule has 1 fully saturated rings. The van der Waals surface area contributed by atoms with Crippen LogP contribution in [-0.2, 0) is 4.74 Å². The van der Waals surface area contributed by atoms with Crippen LogP contribution in [-0.4, -0.2) is 22.4 Å². The Morgan fingerprint density at radius 2 is 2.28 bits per heavy atom. The first kappa shape index (κ1) is 15.8. The van der Waals surface area contributed by atoms with Gasteiger partial charge in [0.15, 0.2) is 0 Å². The lowest BCUT2D eigenvalue weighted by Crippen LogP contribution is -2.20. The van der Waals surface area contributed by atoms with Crippen LogP contribution in [0.25, 0.3) is 0 Å². The van der Waals surface area contributed by atoms with Gasteiger partial charge in [-0.15, -0.1) is 18.0 Å². The van der Waals surface area contributed by atoms with Crippen molar-refractivity contribution in [1.29, 1.82) is 0 Å². The van der Waals surface area contributed by atoms with E-state index >= 15 is 0 Å². The highest BCUT2D eigenvalue weighted by Crippen LogP contribution is 2.32. The molecule has 1 aliphatic rings. The van der Waals surface area contributed by atoms with Crippen molar-refractivity contribution in [2.24, 2.45) is 0 Å². The quantitative estimate of drug-likeness (QED) is 0.397. The second kappa shape index (κ2) is 8.80. The second-order valence-corrected chi connectivity index (χ2v) is 6.14. The molecule has 3 heteroatoms. The van der Waals surface area contributed by atoms with Crippen molar-refractivity contribution in [1.82, 2.24) is 0 Å². The smallest absolute Gasteiger partial charge is 0.0778 e. The van der Waals surface area contributed by atoms with Gasteiger partial charge < -0.3 is 4.74 Å². The molecule has 1 rings (SSSR count). The van der Waals surface area contributed by atoms with Crippen LogP contribution in [0.15, 0.2) is 24.3 Å². The number of terminal acetylenes is 1. The predicted molar refractivity (Wildman–Crippen MR) is 82.3 cm³/mol. The maximum absolute atomic E-state index is 6.32. The van der Waals surface area contributed by atoms with E-state index in [9.17, 15) is 0 Å². The predicted octanol–water partition coefficient (Wildman–Crippen LogP) is 4.45. The highest BCUT2D eigenvalue weighted by atomic mass is 79.9. The maximum Gasteiger partial charge on any atom is 0.0778 e. The van der Waals surface area contributed by atoms with Gasteiger partial charge in [0.05, 0.1) is 17.6 Å². The Bertz CT molecular complexity index is 332. The van der Waals surface area contributed by atoms with Crippen LogP contribution in [0.4, 0.5) is 0 Å². The van der Waals surface area contributed by atoms with Crippen molar-refractivity contribution < 1.29 is 4.74 Å². The van der Waals surface area contributed by atoms with Crippen LogP contribution < -0.4 is 0 Å². The fourth-order valence-electron chi connectivity index (χ4n) is 1.98. The van der Waals surface area contributed by atoms with Crippen molar-refractivity contribution in [2.45, 2.75) is 55.0 Å². The van der Waals surface area contributed by atoms with Gasteiger partial charge in [-0.25, -0.2) is 0 Å². The molecule has 0 radical (unpaired) electrons. The van der Waals surface area contributed by atoms with Gasteiger partial charge in [-0.2, -0.15) is 0 Å². The molecule has 4 atom stereocenters. The first-order chi connectivity index (χ1) is 8.69. The van der Waals surface area contributed by atoms with Crippen molar-refractivity contribution in [3.05, 3.63) is 24.3 Å². The van der Waals surface area contributed by atoms with Crippen LogP contribution in [0.2, 0.25) is 0 Å². The van der Waals surface area contributed by atoms with Gasteiger partial charge in [-0.1, -0.05) is 47.0 Å². The number of allylic oxidation sites excluding steroid dienone is 3. The lowest BCUT2D eigenvalue weighted by Gasteiger charge is -2.16. The molecule has 1 saturated heterocycles. The molecule has 0 N–H and O–H groups in total. The summed E-state index contributed by atoms with van der Waals surface area (Å²) in [5, 5.41) is 0.118. The van der Waals surface area contributed by atoms with E-state index in [0.717, 1.165) is 25.7 Å². The zero-order valence-corrected chi connectivity index (χ0v) is 13.0. The van der Waals surface area contributed by atoms with E-state index in [-0.39, 0.29) is 17.6 Å². The van der Waals surface area contributed by atoms with Gasteiger partial charge in [0.1, 0.15) is 0 Å². The van der Waals surface area contributed by atoms with Gasteiger partial charge in [-0.05, 0) is 31.8 Å². The summed E-state index contributed by atoms with van der Waals surface area (Å²) in [7, 11) is 0. The van der Waals surface area contributed by atoms with Crippen LogP contribution in [0.5, 0.6) is 0 Å². The van der Waals surface area contributed by atoms with E-state index in [2.05, 4.69) is 40.9 Å². The summed E-state index contributed by atoms with van der Waals surface area (Å²) in [5.74, 6) is 2.47. The maximum atomic E-state index is 6.32. The monoisotopic (exact) mass is 330 g/mol. The molecule has 0 saturated carbocycles. The Balaban J connectivity index is 2.31. The summed E-state index contributed by atoms with van der Waals surface area (Å²) in [5.41, 5.74) is 0. The average Bonchev–Trinajstić information content (AvgIpc) is 2.74. The molecule has 0 aromatic rings. The molecule has 1 aliphatic heterocycles. The Labute approximate surface area is 124 Å². The summed E-state index contributed by atoms with van der Waals surface area (Å²) >= 11 is 9.96. The van der Waals surface area contributed by atoms with E-state index < -0.39 is 0 Å². The number of alkyl halides is 2. The molecular formula is C15H20BrClO. The number of rotatable bonds is 6. The third kappa shape index (κ3) is 5.18. The molecule has 0 aromatic carbocycles. The van der Waals surface area contributed by atoms with Gasteiger partial charge in [0, 0.05) is 4.83 Å². The first-order valence-corrected chi connectivity index (χ1v) is 7.74. The van der Waals surface area contributed by atoms with Crippen molar-refractivity contribution in [3.8, 4) is 12.3 Å². The van der Waals surface area contributed by atoms with Crippen molar-refractivity contribution in [3.63, 3.8) is 0 Å². The third-order valence-corrected chi connectivity index (χ3v) is 4.72. The fourth-order valence-corrected chi connectivity index (χ4v) is 2.66. The average molecular weight is 332 g/mol. The Hall–Kier alpha value is -0.230. The van der Waals surface area contributed by atoms with Gasteiger partial charge in [0.25, 0.3) is 0 Å². The largest absolute Gasteiger partial charge is 0.372 e. The van der Waals surface area contributed by atoms with Gasteiger partial charge in [0.2, 0.25) is 0 Å². The summed E-state index contributed by atoms with van der Waals surface area (Å²) in [6, 6.07) is 0. The summed E-state index contributed by atoms with van der Waals surface area (Å²) < 4.78 is 5.97. The summed E-state index contributed by atoms with van der Waals surface area (Å²) in [6.07, 6.45) is 17.1. The molecule has 0 amide bonds. The summed E-state index contributed by atoms with van der Waals surface area (Å²) in [4.78, 5) is 0.409. The molecule has 0 bridgehead atoms. The number of ether oxygens (including phenoxy) is 1. The number of halogens is 2. The van der Waals surface area contributed by atoms with Crippen LogP contribution in [0, 0.1) is 12.3 Å². The zero-order chi connectivity index (χ0) is 13.4. The Morgan fingerprint density at radius 3 is 2.94 bits per heavy atom. The molecular weight excluding hydrogens is 312 g/mol. The standard InChI is InChI=1S/C15H20BrClO/c1-3-5-6-7-8-9-10-14-13(17)11-15(18-14)12(16)4-2/h1,5-6,8-9,12-15H,4,7,10-11H2,2H3. The second-order valence-electron chi connectivity index (χ2n) is 4.40. The molecule has 0 aromatic heterocycles. The van der Waals surface area contributed by atoms with Crippen LogP contribution in [0.1, 0.15) is 32.6 Å². The SMILES string of the molecule is C#CC=CCC=CCC1OC(C(Br)CC)CC1Cl. The lowest BCUT2D eigenvalue weighted by molar-refractivity contribution is 0.0472. The normalized spacial score (nSPS) is 30.0. The zero-order valence-electron chi connectivity index (χ0n) is 10.7. The van der Waals surface area contributed by atoms with Crippen molar-refractivity contribution in [2.75, 3.05) is 0 Å². The highest BCUT2D eigenvalue weighted by molar-refractivity contribution is 9.09. The number of hydrogen-bond donors (Lipinski definition) is 0. The Kier molecular flexibility index (Phi) is 7.74. The third-order valence-electron chi connectivity index (χ3n) is 3.03. The topological polar surface area (TPSA) is 9.23 Å². The van der Waals surface area contributed by atoms with Crippen LogP contribution in [0.3, 0.4) is 0 Å².